The monoisotopic (exact) mass is 235 g/mol. The second-order valence-corrected chi connectivity index (χ2v) is 4.66. The lowest BCUT2D eigenvalue weighted by Crippen LogP contribution is -2.21. The van der Waals surface area contributed by atoms with Crippen molar-refractivity contribution in [1.82, 2.24) is 5.32 Å². The molecule has 3 nitrogen and oxygen atoms in total. The van der Waals surface area contributed by atoms with Gasteiger partial charge in [-0.1, -0.05) is 17.7 Å². The molecule has 0 bridgehead atoms. The van der Waals surface area contributed by atoms with Crippen LogP contribution in [0.5, 0.6) is 0 Å². The first-order valence-corrected chi connectivity index (χ1v) is 5.89. The van der Waals surface area contributed by atoms with Crippen LogP contribution in [0.2, 0.25) is 0 Å². The Kier molecular flexibility index (Phi) is 4.70. The molecule has 0 aliphatic carbocycles. The predicted octanol–water partition coefficient (Wildman–Crippen LogP) is 2.39. The van der Waals surface area contributed by atoms with Crippen LogP contribution in [0.3, 0.4) is 0 Å². The summed E-state index contributed by atoms with van der Waals surface area (Å²) in [5, 5.41) is 12.1. The lowest BCUT2D eigenvalue weighted by atomic mass is 9.87. The molecule has 1 rings (SSSR count). The van der Waals surface area contributed by atoms with E-state index in [-0.39, 0.29) is 12.3 Å². The zero-order valence-electron chi connectivity index (χ0n) is 11.0. The van der Waals surface area contributed by atoms with Gasteiger partial charge in [0.25, 0.3) is 0 Å². The average molecular weight is 235 g/mol. The lowest BCUT2D eigenvalue weighted by molar-refractivity contribution is -0.137. The Morgan fingerprint density at radius 2 is 1.82 bits per heavy atom. The fraction of sp³-hybridized carbons (Fsp3) is 0.500. The van der Waals surface area contributed by atoms with Crippen molar-refractivity contribution in [1.29, 1.82) is 0 Å². The summed E-state index contributed by atoms with van der Waals surface area (Å²) in [7, 11) is 1.85. The molecule has 0 heterocycles. The van der Waals surface area contributed by atoms with Crippen LogP contribution in [0.1, 0.15) is 34.6 Å². The summed E-state index contributed by atoms with van der Waals surface area (Å²) in [4.78, 5) is 10.9. The molecule has 0 spiro atoms. The van der Waals surface area contributed by atoms with Gasteiger partial charge >= 0.3 is 5.97 Å². The van der Waals surface area contributed by atoms with E-state index in [2.05, 4.69) is 38.2 Å². The number of nitrogens with one attached hydrogen (secondary N) is 1. The molecule has 0 fully saturated rings. The molecule has 0 aromatic heterocycles. The molecule has 94 valence electrons. The molecule has 1 aromatic rings. The Hall–Kier alpha value is -1.35. The lowest BCUT2D eigenvalue weighted by Gasteiger charge is -2.20. The van der Waals surface area contributed by atoms with Crippen LogP contribution >= 0.6 is 0 Å². The van der Waals surface area contributed by atoms with Crippen molar-refractivity contribution in [2.45, 2.75) is 33.1 Å². The minimum Gasteiger partial charge on any atom is -0.481 e. The molecule has 1 unspecified atom stereocenters. The predicted molar refractivity (Wildman–Crippen MR) is 69.6 cm³/mol. The van der Waals surface area contributed by atoms with Gasteiger partial charge in [-0.3, -0.25) is 4.79 Å². The van der Waals surface area contributed by atoms with Gasteiger partial charge in [0.1, 0.15) is 0 Å². The molecule has 0 radical (unpaired) electrons. The van der Waals surface area contributed by atoms with Gasteiger partial charge in [-0.15, -0.1) is 0 Å². The molecule has 17 heavy (non-hydrogen) atoms. The molecular formula is C14H21NO2. The molecule has 0 saturated heterocycles. The molecule has 1 aromatic carbocycles. The third kappa shape index (κ3) is 3.56. The molecule has 0 aliphatic heterocycles. The number of carbonyl (C=O) groups is 1. The van der Waals surface area contributed by atoms with Crippen LogP contribution < -0.4 is 5.32 Å². The van der Waals surface area contributed by atoms with Crippen molar-refractivity contribution >= 4 is 5.97 Å². The van der Waals surface area contributed by atoms with Crippen molar-refractivity contribution in [2.75, 3.05) is 13.6 Å². The minimum atomic E-state index is -0.746. The van der Waals surface area contributed by atoms with E-state index in [1.54, 1.807) is 0 Å². The van der Waals surface area contributed by atoms with Crippen LogP contribution in [0.25, 0.3) is 0 Å². The topological polar surface area (TPSA) is 49.3 Å². The number of likely N-dealkylation sites (N-methyl/N-ethyl adjacent to an activating group) is 1. The highest BCUT2D eigenvalue weighted by molar-refractivity contribution is 5.68. The molecule has 0 amide bonds. The Morgan fingerprint density at radius 3 is 2.24 bits per heavy atom. The SMILES string of the molecule is CNCC(CC(=O)O)c1c(C)cc(C)cc1C. The molecule has 1 atom stereocenters. The van der Waals surface area contributed by atoms with Gasteiger partial charge in [0.2, 0.25) is 0 Å². The Balaban J connectivity index is 3.13. The summed E-state index contributed by atoms with van der Waals surface area (Å²) < 4.78 is 0. The molecule has 3 heteroatoms. The first-order chi connectivity index (χ1) is 7.95. The van der Waals surface area contributed by atoms with Gasteiger partial charge in [0.05, 0.1) is 6.42 Å². The summed E-state index contributed by atoms with van der Waals surface area (Å²) in [6, 6.07) is 4.24. The number of benzene rings is 1. The summed E-state index contributed by atoms with van der Waals surface area (Å²) >= 11 is 0. The van der Waals surface area contributed by atoms with Crippen LogP contribution in [-0.2, 0) is 4.79 Å². The maximum absolute atomic E-state index is 10.9. The number of carboxylic acid groups (broad SMARTS) is 1. The van der Waals surface area contributed by atoms with Gasteiger partial charge in [-0.05, 0) is 44.5 Å². The number of rotatable bonds is 5. The minimum absolute atomic E-state index is 0.0399. The number of hydrogen-bond acceptors (Lipinski definition) is 2. The molecule has 0 saturated carbocycles. The van der Waals surface area contributed by atoms with Crippen LogP contribution in [0, 0.1) is 20.8 Å². The number of aliphatic carboxylic acids is 1. The van der Waals surface area contributed by atoms with Crippen molar-refractivity contribution in [3.63, 3.8) is 0 Å². The largest absolute Gasteiger partial charge is 0.481 e. The van der Waals surface area contributed by atoms with Crippen LogP contribution in [-0.4, -0.2) is 24.7 Å². The van der Waals surface area contributed by atoms with Crippen molar-refractivity contribution in [3.05, 3.63) is 34.4 Å². The Bertz CT molecular complexity index is 390. The molecule has 2 N–H and O–H groups in total. The van der Waals surface area contributed by atoms with Gasteiger partial charge in [-0.25, -0.2) is 0 Å². The highest BCUT2D eigenvalue weighted by atomic mass is 16.4. The highest BCUT2D eigenvalue weighted by Gasteiger charge is 2.18. The molecular weight excluding hydrogens is 214 g/mol. The summed E-state index contributed by atoms with van der Waals surface area (Å²) in [5.41, 5.74) is 4.77. The van der Waals surface area contributed by atoms with Gasteiger partial charge in [0, 0.05) is 12.5 Å². The summed E-state index contributed by atoms with van der Waals surface area (Å²) in [6.07, 6.45) is 0.172. The molecule has 0 aliphatic rings. The third-order valence-corrected chi connectivity index (χ3v) is 3.02. The van der Waals surface area contributed by atoms with Crippen LogP contribution in [0.15, 0.2) is 12.1 Å². The van der Waals surface area contributed by atoms with Gasteiger partial charge < -0.3 is 10.4 Å². The van der Waals surface area contributed by atoms with E-state index >= 15 is 0 Å². The van der Waals surface area contributed by atoms with E-state index in [4.69, 9.17) is 5.11 Å². The van der Waals surface area contributed by atoms with Gasteiger partial charge in [-0.2, -0.15) is 0 Å². The van der Waals surface area contributed by atoms with Crippen molar-refractivity contribution in [2.24, 2.45) is 0 Å². The third-order valence-electron chi connectivity index (χ3n) is 3.02. The maximum Gasteiger partial charge on any atom is 0.304 e. The number of carboxylic acids is 1. The maximum atomic E-state index is 10.9. The quantitative estimate of drug-likeness (QED) is 0.824. The van der Waals surface area contributed by atoms with E-state index in [0.29, 0.717) is 6.54 Å². The standard InChI is InChI=1S/C14H21NO2/c1-9-5-10(2)14(11(3)6-9)12(8-15-4)7-13(16)17/h5-6,12,15H,7-8H2,1-4H3,(H,16,17). The van der Waals surface area contributed by atoms with Crippen molar-refractivity contribution < 1.29 is 9.90 Å². The fourth-order valence-corrected chi connectivity index (χ4v) is 2.57. The van der Waals surface area contributed by atoms with Crippen molar-refractivity contribution in [3.8, 4) is 0 Å². The van der Waals surface area contributed by atoms with E-state index in [1.165, 1.54) is 22.3 Å². The summed E-state index contributed by atoms with van der Waals surface area (Å²) in [6.45, 7) is 6.87. The normalized spacial score (nSPS) is 12.5. The van der Waals surface area contributed by atoms with E-state index in [9.17, 15) is 4.79 Å². The Labute approximate surface area is 103 Å². The van der Waals surface area contributed by atoms with Crippen LogP contribution in [0.4, 0.5) is 0 Å². The summed E-state index contributed by atoms with van der Waals surface area (Å²) in [5.74, 6) is -0.706. The number of aryl methyl sites for hydroxylation is 3. The van der Waals surface area contributed by atoms with E-state index in [1.807, 2.05) is 7.05 Å². The first-order valence-electron chi connectivity index (χ1n) is 5.89. The smallest absolute Gasteiger partial charge is 0.304 e. The number of hydrogen-bond donors (Lipinski definition) is 2. The van der Waals surface area contributed by atoms with Gasteiger partial charge in [0.15, 0.2) is 0 Å². The van der Waals surface area contributed by atoms with E-state index < -0.39 is 5.97 Å². The fourth-order valence-electron chi connectivity index (χ4n) is 2.57. The second-order valence-electron chi connectivity index (χ2n) is 4.66. The highest BCUT2D eigenvalue weighted by Crippen LogP contribution is 2.27. The van der Waals surface area contributed by atoms with E-state index in [0.717, 1.165) is 0 Å². The Morgan fingerprint density at radius 1 is 1.29 bits per heavy atom. The zero-order chi connectivity index (χ0) is 13.0. The average Bonchev–Trinajstić information content (AvgIpc) is 2.14. The second kappa shape index (κ2) is 5.82. The first kappa shape index (κ1) is 13.7. The zero-order valence-corrected chi connectivity index (χ0v) is 11.0.